The van der Waals surface area contributed by atoms with Gasteiger partial charge in [0.25, 0.3) is 0 Å². The fraction of sp³-hybridized carbons (Fsp3) is 0.385. The Bertz CT molecular complexity index is 1160. The Balaban J connectivity index is 1.39. The van der Waals surface area contributed by atoms with E-state index in [1.54, 1.807) is 0 Å². The van der Waals surface area contributed by atoms with Crippen molar-refractivity contribution >= 4 is 29.4 Å². The summed E-state index contributed by atoms with van der Waals surface area (Å²) in [5.74, 6) is 0.576. The second kappa shape index (κ2) is 12.0. The number of benzene rings is 2. The number of rotatable bonds is 8. The van der Waals surface area contributed by atoms with Crippen LogP contribution >= 0.6 is 11.8 Å². The van der Waals surface area contributed by atoms with Gasteiger partial charge in [0.2, 0.25) is 5.91 Å². The highest BCUT2D eigenvalue weighted by Gasteiger charge is 2.19. The molecule has 2 heterocycles. The number of carbonyl (C=O) groups excluding carboxylic acids is 2. The van der Waals surface area contributed by atoms with Gasteiger partial charge in [0.1, 0.15) is 5.82 Å². The van der Waals surface area contributed by atoms with Gasteiger partial charge in [-0.1, -0.05) is 60.6 Å². The molecular formula is C26H32N6O2S. The molecule has 4 rings (SSSR count). The van der Waals surface area contributed by atoms with Crippen molar-refractivity contribution in [2.75, 3.05) is 24.2 Å². The third-order valence-corrected chi connectivity index (χ3v) is 7.20. The van der Waals surface area contributed by atoms with E-state index < -0.39 is 6.03 Å². The van der Waals surface area contributed by atoms with Crippen LogP contribution in [0, 0.1) is 13.8 Å². The van der Waals surface area contributed by atoms with Crippen LogP contribution in [0.3, 0.4) is 0 Å². The molecule has 0 aliphatic carbocycles. The van der Waals surface area contributed by atoms with Gasteiger partial charge in [-0.3, -0.25) is 15.0 Å². The molecular weight excluding hydrogens is 460 g/mol. The maximum atomic E-state index is 12.5. The van der Waals surface area contributed by atoms with Crippen molar-refractivity contribution in [3.05, 3.63) is 71.0 Å². The van der Waals surface area contributed by atoms with Gasteiger partial charge >= 0.3 is 6.03 Å². The summed E-state index contributed by atoms with van der Waals surface area (Å²) in [5.41, 5.74) is 3.88. The normalized spacial score (nSPS) is 14.0. The Kier molecular flexibility index (Phi) is 8.54. The third-order valence-electron chi connectivity index (χ3n) is 6.23. The molecule has 1 fully saturated rings. The summed E-state index contributed by atoms with van der Waals surface area (Å²) in [4.78, 5) is 27.3. The summed E-state index contributed by atoms with van der Waals surface area (Å²) < 4.78 is 2.08. The minimum absolute atomic E-state index is 0.0663. The molecule has 0 saturated carbocycles. The molecule has 0 unspecified atom stereocenters. The molecule has 1 aliphatic heterocycles. The van der Waals surface area contributed by atoms with Gasteiger partial charge < -0.3 is 9.88 Å². The second-order valence-corrected chi connectivity index (χ2v) is 9.79. The summed E-state index contributed by atoms with van der Waals surface area (Å²) in [6, 6.07) is 15.3. The van der Waals surface area contributed by atoms with Crippen molar-refractivity contribution in [2.45, 2.75) is 51.4 Å². The molecule has 0 bridgehead atoms. The van der Waals surface area contributed by atoms with Crippen LogP contribution in [-0.4, -0.2) is 50.4 Å². The summed E-state index contributed by atoms with van der Waals surface area (Å²) in [6.07, 6.45) is 3.69. The van der Waals surface area contributed by atoms with Crippen LogP contribution in [0.4, 0.5) is 10.5 Å². The first-order valence-corrected chi connectivity index (χ1v) is 13.0. The van der Waals surface area contributed by atoms with E-state index in [0.717, 1.165) is 42.1 Å². The number of nitrogens with one attached hydrogen (secondary N) is 2. The Morgan fingerprint density at radius 3 is 2.49 bits per heavy atom. The molecule has 3 amide bonds. The van der Waals surface area contributed by atoms with Gasteiger partial charge in [-0.05, 0) is 62.5 Å². The van der Waals surface area contributed by atoms with Gasteiger partial charge in [0, 0.05) is 5.69 Å². The van der Waals surface area contributed by atoms with E-state index in [4.69, 9.17) is 0 Å². The average molecular weight is 493 g/mol. The first-order chi connectivity index (χ1) is 17.0. The Morgan fingerprint density at radius 1 is 0.943 bits per heavy atom. The van der Waals surface area contributed by atoms with Crippen LogP contribution in [0.1, 0.15) is 41.8 Å². The SMILES string of the molecule is Cc1cccc(NC(=O)NC(=O)CSc2nnc(CN3CCCCC3)n2Cc2ccccc2)c1C. The van der Waals surface area contributed by atoms with Crippen LogP contribution in [0.25, 0.3) is 0 Å². The fourth-order valence-corrected chi connectivity index (χ4v) is 4.87. The summed E-state index contributed by atoms with van der Waals surface area (Å²) in [7, 11) is 0. The molecule has 0 spiro atoms. The van der Waals surface area contributed by atoms with Crippen LogP contribution in [0.2, 0.25) is 0 Å². The van der Waals surface area contributed by atoms with Crippen molar-refractivity contribution < 1.29 is 9.59 Å². The van der Waals surface area contributed by atoms with E-state index in [1.807, 2.05) is 50.2 Å². The van der Waals surface area contributed by atoms with E-state index in [0.29, 0.717) is 17.4 Å². The van der Waals surface area contributed by atoms with E-state index in [1.165, 1.54) is 31.0 Å². The average Bonchev–Trinajstić information content (AvgIpc) is 3.22. The van der Waals surface area contributed by atoms with Crippen LogP contribution in [0.15, 0.2) is 53.7 Å². The number of imide groups is 1. The number of piperidine rings is 1. The number of urea groups is 1. The molecule has 1 aromatic heterocycles. The van der Waals surface area contributed by atoms with E-state index in [2.05, 4.69) is 42.4 Å². The lowest BCUT2D eigenvalue weighted by Crippen LogP contribution is -2.35. The maximum Gasteiger partial charge on any atom is 0.325 e. The molecule has 8 nitrogen and oxygen atoms in total. The molecule has 0 atom stereocenters. The van der Waals surface area contributed by atoms with Crippen molar-refractivity contribution in [3.63, 3.8) is 0 Å². The van der Waals surface area contributed by atoms with Gasteiger partial charge in [0.15, 0.2) is 5.16 Å². The number of aryl methyl sites for hydroxylation is 1. The molecule has 184 valence electrons. The first kappa shape index (κ1) is 24.9. The van der Waals surface area contributed by atoms with Crippen LogP contribution in [0.5, 0.6) is 0 Å². The van der Waals surface area contributed by atoms with E-state index in [-0.39, 0.29) is 11.7 Å². The van der Waals surface area contributed by atoms with Crippen LogP contribution in [-0.2, 0) is 17.9 Å². The number of hydrogen-bond donors (Lipinski definition) is 2. The number of amides is 3. The summed E-state index contributed by atoms with van der Waals surface area (Å²) in [6.45, 7) is 7.42. The molecule has 0 radical (unpaired) electrons. The van der Waals surface area contributed by atoms with Crippen molar-refractivity contribution in [2.24, 2.45) is 0 Å². The van der Waals surface area contributed by atoms with Gasteiger partial charge in [0.05, 0.1) is 18.8 Å². The highest BCUT2D eigenvalue weighted by Crippen LogP contribution is 2.21. The number of thioether (sulfide) groups is 1. The summed E-state index contributed by atoms with van der Waals surface area (Å²) in [5, 5.41) is 14.7. The van der Waals surface area contributed by atoms with Gasteiger partial charge in [-0.2, -0.15) is 0 Å². The minimum Gasteiger partial charge on any atom is -0.307 e. The highest BCUT2D eigenvalue weighted by atomic mass is 32.2. The maximum absolute atomic E-state index is 12.5. The number of hydrogen-bond acceptors (Lipinski definition) is 6. The number of likely N-dealkylation sites (tertiary alicyclic amines) is 1. The molecule has 1 aliphatic rings. The molecule has 9 heteroatoms. The second-order valence-electron chi connectivity index (χ2n) is 8.85. The fourth-order valence-electron chi connectivity index (χ4n) is 4.12. The van der Waals surface area contributed by atoms with Crippen molar-refractivity contribution in [1.82, 2.24) is 25.0 Å². The third kappa shape index (κ3) is 6.93. The number of nitrogens with zero attached hydrogens (tertiary/aromatic N) is 4. The molecule has 1 saturated heterocycles. The lowest BCUT2D eigenvalue weighted by molar-refractivity contribution is -0.117. The molecule has 2 N–H and O–H groups in total. The Hall–Kier alpha value is -3.17. The molecule has 3 aromatic rings. The van der Waals surface area contributed by atoms with Crippen molar-refractivity contribution in [3.8, 4) is 0 Å². The minimum atomic E-state index is -0.541. The predicted octanol–water partition coefficient (Wildman–Crippen LogP) is 4.37. The smallest absolute Gasteiger partial charge is 0.307 e. The number of aromatic nitrogens is 3. The molecule has 2 aromatic carbocycles. The standard InChI is InChI=1S/C26H32N6O2S/c1-19-10-9-13-22(20(19)2)27-25(34)28-24(33)18-35-26-30-29-23(17-31-14-7-4-8-15-31)32(26)16-21-11-5-3-6-12-21/h3,5-6,9-13H,4,7-8,14-18H2,1-2H3,(H2,27,28,33,34). The topological polar surface area (TPSA) is 92.2 Å². The van der Waals surface area contributed by atoms with Gasteiger partial charge in [-0.15, -0.1) is 10.2 Å². The van der Waals surface area contributed by atoms with Crippen LogP contribution < -0.4 is 10.6 Å². The van der Waals surface area contributed by atoms with Crippen molar-refractivity contribution in [1.29, 1.82) is 0 Å². The zero-order valence-electron chi connectivity index (χ0n) is 20.3. The number of carbonyl (C=O) groups is 2. The predicted molar refractivity (Wildman–Crippen MR) is 138 cm³/mol. The largest absolute Gasteiger partial charge is 0.325 e. The monoisotopic (exact) mass is 492 g/mol. The van der Waals surface area contributed by atoms with E-state index in [9.17, 15) is 9.59 Å². The summed E-state index contributed by atoms with van der Waals surface area (Å²) >= 11 is 1.29. The number of anilines is 1. The van der Waals surface area contributed by atoms with Gasteiger partial charge in [-0.25, -0.2) is 4.79 Å². The van der Waals surface area contributed by atoms with E-state index >= 15 is 0 Å². The zero-order valence-corrected chi connectivity index (χ0v) is 21.1. The quantitative estimate of drug-likeness (QED) is 0.454. The highest BCUT2D eigenvalue weighted by molar-refractivity contribution is 7.99. The lowest BCUT2D eigenvalue weighted by atomic mass is 10.1. The Morgan fingerprint density at radius 2 is 1.71 bits per heavy atom. The lowest BCUT2D eigenvalue weighted by Gasteiger charge is -2.26. The Labute approximate surface area is 210 Å². The first-order valence-electron chi connectivity index (χ1n) is 12.0. The molecule has 35 heavy (non-hydrogen) atoms. The zero-order chi connectivity index (χ0) is 24.6.